The van der Waals surface area contributed by atoms with E-state index >= 15 is 0 Å². The van der Waals surface area contributed by atoms with E-state index in [0.29, 0.717) is 12.0 Å². The number of rotatable bonds is 5. The highest BCUT2D eigenvalue weighted by Crippen LogP contribution is 2.19. The fraction of sp³-hybridized carbons (Fsp3) is 0.231. The first-order valence-corrected chi connectivity index (χ1v) is 5.47. The molecule has 5 heteroatoms. The summed E-state index contributed by atoms with van der Waals surface area (Å²) < 4.78 is 0. The minimum Gasteiger partial charge on any atom is -0.478 e. The van der Waals surface area contributed by atoms with Crippen molar-refractivity contribution in [1.82, 2.24) is 0 Å². The maximum atomic E-state index is 11.7. The monoisotopic (exact) mass is 248 g/mol. The lowest BCUT2D eigenvalue weighted by Crippen LogP contribution is -2.35. The Morgan fingerprint density at radius 2 is 2.22 bits per heavy atom. The molecule has 0 aliphatic heterocycles. The molecule has 96 valence electrons. The van der Waals surface area contributed by atoms with E-state index in [1.165, 1.54) is 6.07 Å². The zero-order valence-electron chi connectivity index (χ0n) is 10.1. The summed E-state index contributed by atoms with van der Waals surface area (Å²) in [6, 6.07) is 4.15. The topological polar surface area (TPSA) is 92.4 Å². The number of nitrogens with one attached hydrogen (secondary N) is 1. The summed E-state index contributed by atoms with van der Waals surface area (Å²) >= 11 is 0. The van der Waals surface area contributed by atoms with E-state index < -0.39 is 17.9 Å². The SMILES string of the molecule is C=CCC(N)C(=O)Nc1cccc(C)c1C(=O)O. The molecule has 1 atom stereocenters. The molecule has 0 saturated heterocycles. The van der Waals surface area contributed by atoms with Gasteiger partial charge in [0.15, 0.2) is 0 Å². The van der Waals surface area contributed by atoms with Crippen LogP contribution in [0.5, 0.6) is 0 Å². The molecule has 0 aliphatic rings. The van der Waals surface area contributed by atoms with Crippen molar-refractivity contribution in [2.45, 2.75) is 19.4 Å². The average molecular weight is 248 g/mol. The van der Waals surface area contributed by atoms with Crippen molar-refractivity contribution in [2.75, 3.05) is 5.32 Å². The molecular formula is C13H16N2O3. The molecule has 5 nitrogen and oxygen atoms in total. The van der Waals surface area contributed by atoms with Gasteiger partial charge in [-0.05, 0) is 25.0 Å². The predicted molar refractivity (Wildman–Crippen MR) is 69.6 cm³/mol. The van der Waals surface area contributed by atoms with Crippen LogP contribution in [0.1, 0.15) is 22.3 Å². The van der Waals surface area contributed by atoms with E-state index in [-0.39, 0.29) is 11.3 Å². The standard InChI is InChI=1S/C13H16N2O3/c1-3-5-9(14)12(16)15-10-7-4-6-8(2)11(10)13(17)18/h3-4,6-7,9H,1,5,14H2,2H3,(H,15,16)(H,17,18). The van der Waals surface area contributed by atoms with E-state index in [4.69, 9.17) is 10.8 Å². The second-order valence-electron chi connectivity index (χ2n) is 3.92. The van der Waals surface area contributed by atoms with Crippen molar-refractivity contribution in [3.05, 3.63) is 42.0 Å². The van der Waals surface area contributed by atoms with Gasteiger partial charge in [0.05, 0.1) is 17.3 Å². The Hall–Kier alpha value is -2.14. The van der Waals surface area contributed by atoms with Crippen molar-refractivity contribution in [3.63, 3.8) is 0 Å². The highest BCUT2D eigenvalue weighted by atomic mass is 16.4. The van der Waals surface area contributed by atoms with Gasteiger partial charge in [-0.15, -0.1) is 6.58 Å². The number of nitrogens with two attached hydrogens (primary N) is 1. The predicted octanol–water partition coefficient (Wildman–Crippen LogP) is 1.54. The zero-order valence-corrected chi connectivity index (χ0v) is 10.1. The van der Waals surface area contributed by atoms with Gasteiger partial charge in [0.25, 0.3) is 0 Å². The Balaban J connectivity index is 2.98. The molecule has 0 heterocycles. The number of carboxylic acids is 1. The minimum absolute atomic E-state index is 0.0802. The summed E-state index contributed by atoms with van der Waals surface area (Å²) in [5, 5.41) is 11.6. The van der Waals surface area contributed by atoms with Crippen molar-refractivity contribution in [3.8, 4) is 0 Å². The van der Waals surface area contributed by atoms with Gasteiger partial charge in [0.1, 0.15) is 0 Å². The van der Waals surface area contributed by atoms with Gasteiger partial charge in [-0.1, -0.05) is 18.2 Å². The van der Waals surface area contributed by atoms with Crippen LogP contribution in [0, 0.1) is 6.92 Å². The molecule has 0 spiro atoms. The molecule has 4 N–H and O–H groups in total. The zero-order chi connectivity index (χ0) is 13.7. The highest BCUT2D eigenvalue weighted by Gasteiger charge is 2.17. The first kappa shape index (κ1) is 13.9. The molecule has 0 aliphatic carbocycles. The van der Waals surface area contributed by atoms with Crippen LogP contribution in [0.25, 0.3) is 0 Å². The quantitative estimate of drug-likeness (QED) is 0.689. The van der Waals surface area contributed by atoms with Gasteiger partial charge in [-0.2, -0.15) is 0 Å². The lowest BCUT2D eigenvalue weighted by atomic mass is 10.1. The van der Waals surface area contributed by atoms with Crippen LogP contribution in [0.4, 0.5) is 5.69 Å². The molecule has 18 heavy (non-hydrogen) atoms. The van der Waals surface area contributed by atoms with Crippen LogP contribution < -0.4 is 11.1 Å². The van der Waals surface area contributed by atoms with Gasteiger partial charge in [-0.3, -0.25) is 4.79 Å². The lowest BCUT2D eigenvalue weighted by Gasteiger charge is -2.13. The normalized spacial score (nSPS) is 11.7. The maximum Gasteiger partial charge on any atom is 0.338 e. The molecule has 1 rings (SSSR count). The molecule has 1 unspecified atom stereocenters. The van der Waals surface area contributed by atoms with Crippen LogP contribution >= 0.6 is 0 Å². The molecule has 0 radical (unpaired) electrons. The summed E-state index contributed by atoms with van der Waals surface area (Å²) in [7, 11) is 0. The number of aryl methyl sites for hydroxylation is 1. The Bertz CT molecular complexity index is 483. The van der Waals surface area contributed by atoms with Crippen LogP contribution in [-0.4, -0.2) is 23.0 Å². The van der Waals surface area contributed by atoms with E-state index in [1.807, 2.05) is 0 Å². The molecule has 1 aromatic rings. The van der Waals surface area contributed by atoms with Crippen molar-refractivity contribution < 1.29 is 14.7 Å². The summed E-state index contributed by atoms with van der Waals surface area (Å²) in [4.78, 5) is 22.8. The van der Waals surface area contributed by atoms with Gasteiger partial charge in [0.2, 0.25) is 5.91 Å². The molecule has 0 saturated carbocycles. The summed E-state index contributed by atoms with van der Waals surface area (Å²) in [6.45, 7) is 5.17. The first-order valence-electron chi connectivity index (χ1n) is 5.47. The third kappa shape index (κ3) is 3.18. The number of amides is 1. The number of hydrogen-bond donors (Lipinski definition) is 3. The fourth-order valence-electron chi connectivity index (χ4n) is 1.57. The van der Waals surface area contributed by atoms with E-state index in [9.17, 15) is 9.59 Å². The molecule has 1 amide bonds. The van der Waals surface area contributed by atoms with Crippen LogP contribution in [0.2, 0.25) is 0 Å². The molecule has 0 fully saturated rings. The smallest absolute Gasteiger partial charge is 0.338 e. The molecule has 0 aromatic heterocycles. The van der Waals surface area contributed by atoms with Crippen LogP contribution in [-0.2, 0) is 4.79 Å². The number of carboxylic acid groups (broad SMARTS) is 1. The second kappa shape index (κ2) is 5.97. The van der Waals surface area contributed by atoms with Crippen molar-refractivity contribution in [1.29, 1.82) is 0 Å². The highest BCUT2D eigenvalue weighted by molar-refractivity contribution is 6.02. The Morgan fingerprint density at radius 1 is 1.56 bits per heavy atom. The third-order valence-electron chi connectivity index (χ3n) is 2.50. The number of aromatic carboxylic acids is 1. The number of benzene rings is 1. The first-order chi connectivity index (χ1) is 8.47. The Morgan fingerprint density at radius 3 is 2.78 bits per heavy atom. The third-order valence-corrected chi connectivity index (χ3v) is 2.50. The number of carbonyl (C=O) groups excluding carboxylic acids is 1. The maximum absolute atomic E-state index is 11.7. The average Bonchev–Trinajstić information content (AvgIpc) is 2.28. The molecular weight excluding hydrogens is 232 g/mol. The number of carbonyl (C=O) groups is 2. The van der Waals surface area contributed by atoms with E-state index in [2.05, 4.69) is 11.9 Å². The summed E-state index contributed by atoms with van der Waals surface area (Å²) in [6.07, 6.45) is 1.87. The lowest BCUT2D eigenvalue weighted by molar-refractivity contribution is -0.117. The summed E-state index contributed by atoms with van der Waals surface area (Å²) in [5.74, 6) is -1.51. The number of hydrogen-bond acceptors (Lipinski definition) is 3. The van der Waals surface area contributed by atoms with Crippen molar-refractivity contribution >= 4 is 17.6 Å². The van der Waals surface area contributed by atoms with Gasteiger partial charge < -0.3 is 16.2 Å². The van der Waals surface area contributed by atoms with Gasteiger partial charge >= 0.3 is 5.97 Å². The van der Waals surface area contributed by atoms with Crippen LogP contribution in [0.3, 0.4) is 0 Å². The second-order valence-corrected chi connectivity index (χ2v) is 3.92. The van der Waals surface area contributed by atoms with Gasteiger partial charge in [-0.25, -0.2) is 4.79 Å². The fourth-order valence-corrected chi connectivity index (χ4v) is 1.57. The Kier molecular flexibility index (Phi) is 4.62. The molecule has 0 bridgehead atoms. The van der Waals surface area contributed by atoms with Crippen LogP contribution in [0.15, 0.2) is 30.9 Å². The largest absolute Gasteiger partial charge is 0.478 e. The van der Waals surface area contributed by atoms with Gasteiger partial charge in [0, 0.05) is 0 Å². The summed E-state index contributed by atoms with van der Waals surface area (Å²) in [5.41, 5.74) is 6.53. The minimum atomic E-state index is -1.08. The molecule has 1 aromatic carbocycles. The number of anilines is 1. The van der Waals surface area contributed by atoms with E-state index in [0.717, 1.165) is 0 Å². The van der Waals surface area contributed by atoms with Crippen molar-refractivity contribution in [2.24, 2.45) is 5.73 Å². The Labute approximate surface area is 105 Å². The van der Waals surface area contributed by atoms with E-state index in [1.54, 1.807) is 25.1 Å².